The van der Waals surface area contributed by atoms with Crippen molar-refractivity contribution in [1.29, 1.82) is 0 Å². The van der Waals surface area contributed by atoms with Crippen LogP contribution in [0.5, 0.6) is 0 Å². The number of hydrogen-bond acceptors (Lipinski definition) is 5. The van der Waals surface area contributed by atoms with Crippen molar-refractivity contribution in [2.75, 3.05) is 7.11 Å². The zero-order chi connectivity index (χ0) is 14.1. The molecule has 1 saturated carbocycles. The summed E-state index contributed by atoms with van der Waals surface area (Å²) in [6, 6.07) is -1.18. The number of hydrogen-bond donors (Lipinski definition) is 3. The van der Waals surface area contributed by atoms with Crippen LogP contribution in [0.15, 0.2) is 0 Å². The van der Waals surface area contributed by atoms with Gasteiger partial charge in [-0.1, -0.05) is 13.8 Å². The van der Waals surface area contributed by atoms with Crippen molar-refractivity contribution >= 4 is 17.8 Å². The first-order chi connectivity index (χ1) is 8.27. The molecule has 0 spiro atoms. The van der Waals surface area contributed by atoms with Crippen molar-refractivity contribution < 1.29 is 24.2 Å². The number of methoxy groups -OCH3 is 1. The van der Waals surface area contributed by atoms with E-state index in [0.29, 0.717) is 0 Å². The Morgan fingerprint density at radius 1 is 1.39 bits per heavy atom. The van der Waals surface area contributed by atoms with E-state index in [1.165, 1.54) is 7.11 Å². The molecule has 7 nitrogen and oxygen atoms in total. The first-order valence-corrected chi connectivity index (χ1v) is 5.65. The normalized spacial score (nSPS) is 31.3. The van der Waals surface area contributed by atoms with Crippen LogP contribution in [0.1, 0.15) is 20.3 Å². The summed E-state index contributed by atoms with van der Waals surface area (Å²) >= 11 is 0. The lowest BCUT2D eigenvalue weighted by Gasteiger charge is -2.19. The number of ether oxygens (including phenoxy) is 1. The van der Waals surface area contributed by atoms with Gasteiger partial charge in [-0.05, 0) is 11.8 Å². The molecule has 0 aromatic heterocycles. The number of carboxylic acids is 1. The quantitative estimate of drug-likeness (QED) is 0.550. The van der Waals surface area contributed by atoms with Crippen LogP contribution in [-0.2, 0) is 19.1 Å². The van der Waals surface area contributed by atoms with Crippen LogP contribution >= 0.6 is 0 Å². The Bertz CT molecular complexity index is 374. The third-order valence-corrected chi connectivity index (χ3v) is 3.66. The Balaban J connectivity index is 2.73. The summed E-state index contributed by atoms with van der Waals surface area (Å²) in [5.41, 5.74) is 4.37. The van der Waals surface area contributed by atoms with Gasteiger partial charge in [-0.2, -0.15) is 0 Å². The van der Waals surface area contributed by atoms with Crippen molar-refractivity contribution in [2.24, 2.45) is 17.6 Å². The van der Waals surface area contributed by atoms with Crippen LogP contribution in [0.4, 0.5) is 0 Å². The van der Waals surface area contributed by atoms with E-state index in [2.05, 4.69) is 10.1 Å². The summed E-state index contributed by atoms with van der Waals surface area (Å²) in [6.45, 7) is 3.62. The number of nitrogens with one attached hydrogen (secondary N) is 1. The minimum absolute atomic E-state index is 0.0640. The van der Waals surface area contributed by atoms with Gasteiger partial charge in [-0.3, -0.25) is 9.59 Å². The highest BCUT2D eigenvalue weighted by atomic mass is 16.5. The van der Waals surface area contributed by atoms with Gasteiger partial charge in [0.25, 0.3) is 0 Å². The maximum absolute atomic E-state index is 11.7. The summed E-state index contributed by atoms with van der Waals surface area (Å²) < 4.78 is 4.67. The molecular weight excluding hydrogens is 240 g/mol. The fourth-order valence-corrected chi connectivity index (χ4v) is 2.17. The van der Waals surface area contributed by atoms with Gasteiger partial charge in [0.15, 0.2) is 0 Å². The lowest BCUT2D eigenvalue weighted by Crippen LogP contribution is -2.52. The lowest BCUT2D eigenvalue weighted by atomic mass is 10.1. The average Bonchev–Trinajstić information content (AvgIpc) is 2.81. The molecule has 0 bridgehead atoms. The van der Waals surface area contributed by atoms with Crippen LogP contribution < -0.4 is 11.1 Å². The summed E-state index contributed by atoms with van der Waals surface area (Å²) in [5, 5.41) is 11.1. The van der Waals surface area contributed by atoms with E-state index < -0.39 is 35.8 Å². The highest BCUT2D eigenvalue weighted by molar-refractivity contribution is 5.94. The number of aliphatic carboxylic acids is 1. The second-order valence-corrected chi connectivity index (χ2v) is 4.63. The molecule has 102 valence electrons. The van der Waals surface area contributed by atoms with Crippen molar-refractivity contribution in [3.8, 4) is 0 Å². The van der Waals surface area contributed by atoms with Gasteiger partial charge in [0.1, 0.15) is 5.54 Å². The molecule has 1 aliphatic rings. The molecule has 0 aliphatic heterocycles. The predicted octanol–water partition coefficient (Wildman–Crippen LogP) is -0.898. The van der Waals surface area contributed by atoms with Gasteiger partial charge in [-0.15, -0.1) is 0 Å². The molecule has 4 N–H and O–H groups in total. The molecule has 1 fully saturated rings. The molecule has 1 rings (SSSR count). The lowest BCUT2D eigenvalue weighted by molar-refractivity contribution is -0.147. The predicted molar refractivity (Wildman–Crippen MR) is 61.4 cm³/mol. The Morgan fingerprint density at radius 2 is 1.89 bits per heavy atom. The molecule has 1 amide bonds. The molecule has 3 atom stereocenters. The van der Waals surface area contributed by atoms with Crippen molar-refractivity contribution in [3.63, 3.8) is 0 Å². The van der Waals surface area contributed by atoms with Gasteiger partial charge in [-0.25, -0.2) is 4.79 Å². The summed E-state index contributed by atoms with van der Waals surface area (Å²) in [5.74, 6) is -2.48. The van der Waals surface area contributed by atoms with Crippen LogP contribution in [0.3, 0.4) is 0 Å². The monoisotopic (exact) mass is 258 g/mol. The standard InChI is InChI=1S/C11H18N2O5/c1-5-6(2)11(5,10(17)18-3)13-9(16)7(12)4-8(14)15/h5-7H,4,12H2,1-3H3,(H,13,16)(H,14,15)/t5-,6-,7+/m1/s1. The van der Waals surface area contributed by atoms with Gasteiger partial charge >= 0.3 is 11.9 Å². The number of carbonyl (C=O) groups is 3. The van der Waals surface area contributed by atoms with Gasteiger partial charge in [0, 0.05) is 0 Å². The SMILES string of the molecule is COC(=O)C1(NC(=O)[C@@H](N)CC(=O)O)[C@H](C)[C@H]1C. The molecule has 0 aromatic carbocycles. The van der Waals surface area contributed by atoms with E-state index in [9.17, 15) is 14.4 Å². The molecule has 1 aliphatic carbocycles. The van der Waals surface area contributed by atoms with E-state index in [4.69, 9.17) is 10.8 Å². The maximum Gasteiger partial charge on any atom is 0.332 e. The first-order valence-electron chi connectivity index (χ1n) is 5.65. The largest absolute Gasteiger partial charge is 0.481 e. The Morgan fingerprint density at radius 3 is 2.22 bits per heavy atom. The number of carboxylic acid groups (broad SMARTS) is 1. The fraction of sp³-hybridized carbons (Fsp3) is 0.727. The highest BCUT2D eigenvalue weighted by Gasteiger charge is 2.67. The second-order valence-electron chi connectivity index (χ2n) is 4.63. The zero-order valence-corrected chi connectivity index (χ0v) is 10.6. The summed E-state index contributed by atoms with van der Waals surface area (Å²) in [7, 11) is 1.24. The fourth-order valence-electron chi connectivity index (χ4n) is 2.17. The zero-order valence-electron chi connectivity index (χ0n) is 10.6. The number of carbonyl (C=O) groups excluding carboxylic acids is 2. The highest BCUT2D eigenvalue weighted by Crippen LogP contribution is 2.50. The van der Waals surface area contributed by atoms with Crippen molar-refractivity contribution in [1.82, 2.24) is 5.32 Å². The molecular formula is C11H18N2O5. The van der Waals surface area contributed by atoms with Gasteiger partial charge < -0.3 is 20.9 Å². The average molecular weight is 258 g/mol. The molecule has 18 heavy (non-hydrogen) atoms. The third kappa shape index (κ3) is 2.31. The smallest absolute Gasteiger partial charge is 0.332 e. The number of rotatable bonds is 5. The molecule has 0 heterocycles. The van der Waals surface area contributed by atoms with Crippen molar-refractivity contribution in [3.05, 3.63) is 0 Å². The maximum atomic E-state index is 11.7. The summed E-state index contributed by atoms with van der Waals surface area (Å²) in [6.07, 6.45) is -0.480. The molecule has 0 saturated heterocycles. The van der Waals surface area contributed by atoms with Crippen molar-refractivity contribution in [2.45, 2.75) is 31.8 Å². The van der Waals surface area contributed by atoms with E-state index in [-0.39, 0.29) is 11.8 Å². The second kappa shape index (κ2) is 4.93. The number of nitrogens with two attached hydrogens (primary N) is 1. The van der Waals surface area contributed by atoms with E-state index in [0.717, 1.165) is 0 Å². The molecule has 7 heteroatoms. The van der Waals surface area contributed by atoms with E-state index in [1.807, 2.05) is 13.8 Å². The van der Waals surface area contributed by atoms with Crippen LogP contribution in [0, 0.1) is 11.8 Å². The first kappa shape index (κ1) is 14.4. The van der Waals surface area contributed by atoms with E-state index >= 15 is 0 Å². The number of amides is 1. The molecule has 0 aromatic rings. The Hall–Kier alpha value is -1.63. The van der Waals surface area contributed by atoms with Crippen LogP contribution in [0.2, 0.25) is 0 Å². The Kier molecular flexibility index (Phi) is 3.95. The molecule has 0 unspecified atom stereocenters. The van der Waals surface area contributed by atoms with Crippen LogP contribution in [0.25, 0.3) is 0 Å². The topological polar surface area (TPSA) is 119 Å². The van der Waals surface area contributed by atoms with Crippen LogP contribution in [-0.4, -0.2) is 41.6 Å². The number of esters is 1. The van der Waals surface area contributed by atoms with Gasteiger partial charge in [0.2, 0.25) is 5.91 Å². The molecule has 0 radical (unpaired) electrons. The minimum Gasteiger partial charge on any atom is -0.481 e. The third-order valence-electron chi connectivity index (χ3n) is 3.66. The minimum atomic E-state index is -1.18. The summed E-state index contributed by atoms with van der Waals surface area (Å²) in [4.78, 5) is 33.9. The van der Waals surface area contributed by atoms with E-state index in [1.54, 1.807) is 0 Å². The Labute approximate surface area is 105 Å². The van der Waals surface area contributed by atoms with Gasteiger partial charge in [0.05, 0.1) is 19.6 Å².